The lowest BCUT2D eigenvalue weighted by Crippen LogP contribution is -2.10. The van der Waals surface area contributed by atoms with Gasteiger partial charge in [-0.05, 0) is 68.3 Å². The molecule has 0 bridgehead atoms. The minimum atomic E-state index is 0.497. The SMILES string of the molecule is C/C(=C\Oc1ccc(C)c(C)c1)C(=Nc1ccccc1)Oc1ccccc1. The quantitative estimate of drug-likeness (QED) is 0.301. The van der Waals surface area contributed by atoms with Gasteiger partial charge in [0.05, 0.1) is 11.9 Å². The second-order valence-electron chi connectivity index (χ2n) is 6.33. The average Bonchev–Trinajstić information content (AvgIpc) is 2.70. The molecule has 3 nitrogen and oxygen atoms in total. The van der Waals surface area contributed by atoms with Crippen molar-refractivity contribution in [3.05, 3.63) is 102 Å². The number of rotatable bonds is 5. The van der Waals surface area contributed by atoms with E-state index in [-0.39, 0.29) is 0 Å². The fraction of sp³-hybridized carbons (Fsp3) is 0.125. The van der Waals surface area contributed by atoms with Crippen LogP contribution in [-0.2, 0) is 0 Å². The Labute approximate surface area is 160 Å². The van der Waals surface area contributed by atoms with E-state index in [9.17, 15) is 0 Å². The van der Waals surface area contributed by atoms with Gasteiger partial charge < -0.3 is 9.47 Å². The van der Waals surface area contributed by atoms with Gasteiger partial charge in [-0.25, -0.2) is 4.99 Å². The topological polar surface area (TPSA) is 30.8 Å². The molecule has 3 aromatic rings. The molecule has 0 aromatic heterocycles. The number of hydrogen-bond donors (Lipinski definition) is 0. The first-order valence-corrected chi connectivity index (χ1v) is 8.89. The molecule has 0 aliphatic rings. The van der Waals surface area contributed by atoms with Crippen LogP contribution in [0.5, 0.6) is 11.5 Å². The number of para-hydroxylation sites is 2. The standard InChI is InChI=1S/C24H23NO2/c1-18-14-15-23(16-19(18)2)26-17-20(3)24(25-21-10-6-4-7-11-21)27-22-12-8-5-9-13-22/h4-17H,1-3H3/b20-17+,25-24?. The van der Waals surface area contributed by atoms with E-state index < -0.39 is 0 Å². The first-order chi connectivity index (χ1) is 13.1. The minimum Gasteiger partial charge on any atom is -0.465 e. The van der Waals surface area contributed by atoms with Crippen LogP contribution in [0.15, 0.2) is 95.7 Å². The van der Waals surface area contributed by atoms with Crippen molar-refractivity contribution in [2.75, 3.05) is 0 Å². The summed E-state index contributed by atoms with van der Waals surface area (Å²) >= 11 is 0. The summed E-state index contributed by atoms with van der Waals surface area (Å²) in [7, 11) is 0. The van der Waals surface area contributed by atoms with Gasteiger partial charge in [-0.15, -0.1) is 0 Å². The highest BCUT2D eigenvalue weighted by Gasteiger charge is 2.08. The van der Waals surface area contributed by atoms with Gasteiger partial charge in [0.2, 0.25) is 5.90 Å². The molecule has 0 aliphatic carbocycles. The average molecular weight is 357 g/mol. The van der Waals surface area contributed by atoms with E-state index in [1.165, 1.54) is 11.1 Å². The molecule has 3 heteroatoms. The van der Waals surface area contributed by atoms with Gasteiger partial charge in [-0.1, -0.05) is 42.5 Å². The lowest BCUT2D eigenvalue weighted by molar-refractivity contribution is 0.473. The molecule has 0 aliphatic heterocycles. The normalized spacial score (nSPS) is 12.0. The van der Waals surface area contributed by atoms with Gasteiger partial charge >= 0.3 is 0 Å². The Morgan fingerprint density at radius 1 is 0.778 bits per heavy atom. The van der Waals surface area contributed by atoms with E-state index >= 15 is 0 Å². The molecule has 0 N–H and O–H groups in total. The number of benzene rings is 3. The van der Waals surface area contributed by atoms with Gasteiger partial charge in [-0.2, -0.15) is 0 Å². The summed E-state index contributed by atoms with van der Waals surface area (Å²) < 4.78 is 11.9. The molecule has 0 spiro atoms. The molecule has 0 saturated heterocycles. The van der Waals surface area contributed by atoms with Crippen LogP contribution < -0.4 is 9.47 Å². The highest BCUT2D eigenvalue weighted by atomic mass is 16.5. The molecule has 3 rings (SSSR count). The molecule has 0 heterocycles. The predicted octanol–water partition coefficient (Wildman–Crippen LogP) is 6.40. The highest BCUT2D eigenvalue weighted by Crippen LogP contribution is 2.19. The van der Waals surface area contributed by atoms with Gasteiger partial charge in [0.15, 0.2) is 0 Å². The van der Waals surface area contributed by atoms with Crippen molar-refractivity contribution < 1.29 is 9.47 Å². The fourth-order valence-electron chi connectivity index (χ4n) is 2.41. The zero-order valence-corrected chi connectivity index (χ0v) is 15.8. The fourth-order valence-corrected chi connectivity index (χ4v) is 2.41. The third-order valence-electron chi connectivity index (χ3n) is 4.13. The molecule has 3 aromatic carbocycles. The van der Waals surface area contributed by atoms with Crippen molar-refractivity contribution in [3.8, 4) is 11.5 Å². The van der Waals surface area contributed by atoms with Crippen LogP contribution in [0, 0.1) is 13.8 Å². The first kappa shape index (κ1) is 18.5. The van der Waals surface area contributed by atoms with E-state index in [1.807, 2.05) is 85.8 Å². The van der Waals surface area contributed by atoms with Crippen molar-refractivity contribution in [1.82, 2.24) is 0 Å². The Hall–Kier alpha value is -3.33. The Balaban J connectivity index is 1.86. The molecule has 0 radical (unpaired) electrons. The summed E-state index contributed by atoms with van der Waals surface area (Å²) in [6, 6.07) is 25.4. The Bertz CT molecular complexity index is 945. The zero-order chi connectivity index (χ0) is 19.1. The lowest BCUT2D eigenvalue weighted by atomic mass is 10.1. The maximum absolute atomic E-state index is 6.01. The third kappa shape index (κ3) is 5.32. The van der Waals surface area contributed by atoms with Gasteiger partial charge in [0.25, 0.3) is 0 Å². The van der Waals surface area contributed by atoms with Crippen molar-refractivity contribution >= 4 is 11.6 Å². The van der Waals surface area contributed by atoms with Crippen molar-refractivity contribution in [3.63, 3.8) is 0 Å². The Morgan fingerprint density at radius 3 is 2.11 bits per heavy atom. The molecule has 0 atom stereocenters. The largest absolute Gasteiger partial charge is 0.465 e. The van der Waals surface area contributed by atoms with Crippen LogP contribution >= 0.6 is 0 Å². The van der Waals surface area contributed by atoms with Gasteiger partial charge in [-0.3, -0.25) is 0 Å². The number of nitrogens with zero attached hydrogens (tertiary/aromatic N) is 1. The van der Waals surface area contributed by atoms with Gasteiger partial charge in [0.1, 0.15) is 11.5 Å². The first-order valence-electron chi connectivity index (χ1n) is 8.89. The molecular weight excluding hydrogens is 334 g/mol. The maximum atomic E-state index is 6.01. The molecule has 0 fully saturated rings. The number of aliphatic imine (C=N–C) groups is 1. The molecule has 27 heavy (non-hydrogen) atoms. The summed E-state index contributed by atoms with van der Waals surface area (Å²) in [6.45, 7) is 6.07. The van der Waals surface area contributed by atoms with Crippen LogP contribution in [0.1, 0.15) is 18.1 Å². The van der Waals surface area contributed by atoms with Crippen LogP contribution in [0.25, 0.3) is 0 Å². The van der Waals surface area contributed by atoms with Crippen LogP contribution in [0.2, 0.25) is 0 Å². The summed E-state index contributed by atoms with van der Waals surface area (Å²) in [6.07, 6.45) is 1.68. The van der Waals surface area contributed by atoms with E-state index in [2.05, 4.69) is 18.8 Å². The molecule has 0 saturated carbocycles. The molecule has 0 unspecified atom stereocenters. The molecule has 0 amide bonds. The summed E-state index contributed by atoms with van der Waals surface area (Å²) in [4.78, 5) is 4.64. The van der Waals surface area contributed by atoms with Crippen LogP contribution in [-0.4, -0.2) is 5.90 Å². The van der Waals surface area contributed by atoms with E-state index in [0.717, 1.165) is 22.8 Å². The van der Waals surface area contributed by atoms with Crippen molar-refractivity contribution in [2.24, 2.45) is 4.99 Å². The lowest BCUT2D eigenvalue weighted by Gasteiger charge is -2.10. The van der Waals surface area contributed by atoms with Crippen LogP contribution in [0.3, 0.4) is 0 Å². The van der Waals surface area contributed by atoms with E-state index in [4.69, 9.17) is 9.47 Å². The minimum absolute atomic E-state index is 0.497. The third-order valence-corrected chi connectivity index (χ3v) is 4.13. The molecular formula is C24H23NO2. The zero-order valence-electron chi connectivity index (χ0n) is 15.8. The number of aryl methyl sites for hydroxylation is 2. The van der Waals surface area contributed by atoms with E-state index in [0.29, 0.717) is 5.90 Å². The number of ether oxygens (including phenoxy) is 2. The summed E-state index contributed by atoms with van der Waals surface area (Å²) in [5.41, 5.74) is 4.04. The van der Waals surface area contributed by atoms with Crippen LogP contribution in [0.4, 0.5) is 5.69 Å². The Morgan fingerprint density at radius 2 is 1.44 bits per heavy atom. The second-order valence-corrected chi connectivity index (χ2v) is 6.33. The Kier molecular flexibility index (Phi) is 6.06. The molecule has 136 valence electrons. The van der Waals surface area contributed by atoms with E-state index in [1.54, 1.807) is 6.26 Å². The second kappa shape index (κ2) is 8.86. The predicted molar refractivity (Wildman–Crippen MR) is 111 cm³/mol. The van der Waals surface area contributed by atoms with Crippen molar-refractivity contribution in [2.45, 2.75) is 20.8 Å². The number of hydrogen-bond acceptors (Lipinski definition) is 3. The maximum Gasteiger partial charge on any atom is 0.225 e. The summed E-state index contributed by atoms with van der Waals surface area (Å²) in [5.74, 6) is 2.01. The monoisotopic (exact) mass is 357 g/mol. The highest BCUT2D eigenvalue weighted by molar-refractivity contribution is 5.96. The smallest absolute Gasteiger partial charge is 0.225 e. The van der Waals surface area contributed by atoms with Crippen molar-refractivity contribution in [1.29, 1.82) is 0 Å². The van der Waals surface area contributed by atoms with Gasteiger partial charge in [0, 0.05) is 5.57 Å². The summed E-state index contributed by atoms with van der Waals surface area (Å²) in [5, 5.41) is 0.